The number of carbonyl (C=O) groups is 1. The maximum absolute atomic E-state index is 12.5. The number of aliphatic hydroxyl groups is 1. The van der Waals surface area contributed by atoms with E-state index in [1.54, 1.807) is 0 Å². The van der Waals surface area contributed by atoms with Crippen molar-refractivity contribution < 1.29 is 24.1 Å². The van der Waals surface area contributed by atoms with E-state index in [-0.39, 0.29) is 30.1 Å². The maximum Gasteiger partial charge on any atom is 0.163 e. The molecule has 0 radical (unpaired) electrons. The number of benzene rings is 1. The molecule has 2 bridgehead atoms. The molecular formula is C21H28O5. The first-order valence-corrected chi connectivity index (χ1v) is 9.43. The van der Waals surface area contributed by atoms with Gasteiger partial charge in [-0.3, -0.25) is 4.79 Å². The van der Waals surface area contributed by atoms with Gasteiger partial charge in [0.2, 0.25) is 0 Å². The Kier molecular flexibility index (Phi) is 4.27. The van der Waals surface area contributed by atoms with Gasteiger partial charge < -0.3 is 19.3 Å². The third kappa shape index (κ3) is 2.82. The van der Waals surface area contributed by atoms with Crippen molar-refractivity contribution in [1.82, 2.24) is 0 Å². The van der Waals surface area contributed by atoms with Crippen molar-refractivity contribution in [2.24, 2.45) is 17.3 Å². The lowest BCUT2D eigenvalue weighted by Crippen LogP contribution is -2.55. The number of hydrogen-bond acceptors (Lipinski definition) is 5. The molecule has 26 heavy (non-hydrogen) atoms. The lowest BCUT2D eigenvalue weighted by molar-refractivity contribution is -0.180. The Morgan fingerprint density at radius 1 is 1.23 bits per heavy atom. The molecule has 3 fully saturated rings. The number of ketones is 1. The van der Waals surface area contributed by atoms with Crippen molar-refractivity contribution in [3.8, 4) is 0 Å². The van der Waals surface area contributed by atoms with Gasteiger partial charge >= 0.3 is 0 Å². The SMILES string of the molecule is CC1(C)OC[C@@H]([C@H]2[C@@H]3C[C@@](O)(CC3=O)[C@@]2(C)COCc2ccccc2)O1. The third-order valence-electron chi connectivity index (χ3n) is 6.61. The molecule has 1 aromatic rings. The first-order valence-electron chi connectivity index (χ1n) is 9.43. The fourth-order valence-electron chi connectivity index (χ4n) is 5.23. The molecular weight excluding hydrogens is 332 g/mol. The topological polar surface area (TPSA) is 65.0 Å². The molecule has 3 aliphatic rings. The molecule has 5 heteroatoms. The predicted molar refractivity (Wildman–Crippen MR) is 95.3 cm³/mol. The summed E-state index contributed by atoms with van der Waals surface area (Å²) in [5, 5.41) is 11.3. The van der Waals surface area contributed by atoms with Crippen molar-refractivity contribution in [2.75, 3.05) is 13.2 Å². The molecule has 1 heterocycles. The lowest BCUT2D eigenvalue weighted by atomic mass is 9.63. The highest BCUT2D eigenvalue weighted by atomic mass is 16.7. The van der Waals surface area contributed by atoms with E-state index in [0.29, 0.717) is 26.2 Å². The van der Waals surface area contributed by atoms with Crippen LogP contribution in [-0.4, -0.2) is 41.6 Å². The van der Waals surface area contributed by atoms with Gasteiger partial charge in [0, 0.05) is 23.7 Å². The van der Waals surface area contributed by atoms with Gasteiger partial charge in [0.25, 0.3) is 0 Å². The highest BCUT2D eigenvalue weighted by molar-refractivity contribution is 5.87. The molecule has 1 aromatic carbocycles. The van der Waals surface area contributed by atoms with Crippen LogP contribution in [0, 0.1) is 17.3 Å². The van der Waals surface area contributed by atoms with Crippen LogP contribution in [0.3, 0.4) is 0 Å². The summed E-state index contributed by atoms with van der Waals surface area (Å²) in [7, 11) is 0. The lowest BCUT2D eigenvalue weighted by Gasteiger charge is -2.46. The number of ether oxygens (including phenoxy) is 3. The monoisotopic (exact) mass is 360 g/mol. The van der Waals surface area contributed by atoms with Crippen LogP contribution in [0.4, 0.5) is 0 Å². The van der Waals surface area contributed by atoms with Crippen molar-refractivity contribution in [1.29, 1.82) is 0 Å². The van der Waals surface area contributed by atoms with Gasteiger partial charge in [-0.05, 0) is 25.8 Å². The Bertz CT molecular complexity index is 687. The summed E-state index contributed by atoms with van der Waals surface area (Å²) in [6, 6.07) is 9.99. The van der Waals surface area contributed by atoms with Gasteiger partial charge in [-0.25, -0.2) is 0 Å². The van der Waals surface area contributed by atoms with E-state index in [4.69, 9.17) is 14.2 Å². The summed E-state index contributed by atoms with van der Waals surface area (Å²) in [6.45, 7) is 7.16. The predicted octanol–water partition coefficient (Wildman–Crippen LogP) is 2.70. The van der Waals surface area contributed by atoms with E-state index in [1.807, 2.05) is 51.1 Å². The second kappa shape index (κ2) is 6.13. The minimum absolute atomic E-state index is 0.0914. The molecule has 5 nitrogen and oxygen atoms in total. The fraction of sp³-hybridized carbons (Fsp3) is 0.667. The molecule has 1 aliphatic heterocycles. The van der Waals surface area contributed by atoms with Crippen LogP contribution < -0.4 is 0 Å². The van der Waals surface area contributed by atoms with Crippen LogP contribution in [0.15, 0.2) is 30.3 Å². The summed E-state index contributed by atoms with van der Waals surface area (Å²) in [5.41, 5.74) is -0.457. The highest BCUT2D eigenvalue weighted by Gasteiger charge is 2.70. The molecule has 1 N–H and O–H groups in total. The highest BCUT2D eigenvalue weighted by Crippen LogP contribution is 2.62. The Morgan fingerprint density at radius 2 is 1.96 bits per heavy atom. The second-order valence-electron chi connectivity index (χ2n) is 8.77. The van der Waals surface area contributed by atoms with Crippen molar-refractivity contribution in [2.45, 2.75) is 57.7 Å². The van der Waals surface area contributed by atoms with E-state index >= 15 is 0 Å². The zero-order chi connectivity index (χ0) is 18.6. The van der Waals surface area contributed by atoms with E-state index in [9.17, 15) is 9.90 Å². The van der Waals surface area contributed by atoms with Crippen LogP contribution >= 0.6 is 0 Å². The standard InChI is InChI=1S/C21H28O5/c1-19(2)25-12-17(26-19)18-15-9-21(23,10-16(15)22)20(18,3)13-24-11-14-7-5-4-6-8-14/h4-8,15,17-18,23H,9-13H2,1-3H3/t15-,17+,18-,20+,21-/m1/s1. The Balaban J connectivity index is 1.54. The van der Waals surface area contributed by atoms with E-state index < -0.39 is 16.8 Å². The number of Topliss-reactive ketones (excluding diaryl/α,β-unsaturated/α-hetero) is 1. The smallest absolute Gasteiger partial charge is 0.163 e. The number of hydrogen-bond donors (Lipinski definition) is 1. The zero-order valence-corrected chi connectivity index (χ0v) is 15.7. The molecule has 2 aliphatic carbocycles. The van der Waals surface area contributed by atoms with E-state index in [2.05, 4.69) is 0 Å². The maximum atomic E-state index is 12.5. The first-order chi connectivity index (χ1) is 12.2. The Morgan fingerprint density at radius 3 is 2.62 bits per heavy atom. The van der Waals surface area contributed by atoms with Crippen LogP contribution in [0.25, 0.3) is 0 Å². The van der Waals surface area contributed by atoms with E-state index in [0.717, 1.165) is 5.56 Å². The largest absolute Gasteiger partial charge is 0.389 e. The number of rotatable bonds is 5. The van der Waals surface area contributed by atoms with Crippen LogP contribution in [0.2, 0.25) is 0 Å². The summed E-state index contributed by atoms with van der Waals surface area (Å²) in [4.78, 5) is 12.5. The minimum atomic E-state index is -1.02. The Labute approximate surface area is 154 Å². The van der Waals surface area contributed by atoms with Crippen molar-refractivity contribution in [3.63, 3.8) is 0 Å². The summed E-state index contributed by atoms with van der Waals surface area (Å²) >= 11 is 0. The molecule has 5 atom stereocenters. The quantitative estimate of drug-likeness (QED) is 0.875. The van der Waals surface area contributed by atoms with Crippen LogP contribution in [0.1, 0.15) is 39.2 Å². The molecule has 0 amide bonds. The number of carbonyl (C=O) groups excluding carboxylic acids is 1. The molecule has 0 aromatic heterocycles. The third-order valence-corrected chi connectivity index (χ3v) is 6.61. The minimum Gasteiger partial charge on any atom is -0.389 e. The first kappa shape index (κ1) is 18.1. The van der Waals surface area contributed by atoms with Gasteiger partial charge in [-0.1, -0.05) is 37.3 Å². The average molecular weight is 360 g/mol. The van der Waals surface area contributed by atoms with E-state index in [1.165, 1.54) is 0 Å². The second-order valence-corrected chi connectivity index (χ2v) is 8.77. The van der Waals surface area contributed by atoms with Gasteiger partial charge in [-0.2, -0.15) is 0 Å². The number of fused-ring (bicyclic) bond motifs is 2. The normalized spacial score (nSPS) is 41.1. The Hall–Kier alpha value is -1.27. The van der Waals surface area contributed by atoms with Gasteiger partial charge in [0.15, 0.2) is 5.79 Å². The molecule has 142 valence electrons. The molecule has 2 saturated carbocycles. The molecule has 0 unspecified atom stereocenters. The van der Waals surface area contributed by atoms with Gasteiger partial charge in [-0.15, -0.1) is 0 Å². The molecule has 1 saturated heterocycles. The fourth-order valence-corrected chi connectivity index (χ4v) is 5.23. The van der Waals surface area contributed by atoms with Crippen molar-refractivity contribution >= 4 is 5.78 Å². The van der Waals surface area contributed by atoms with Crippen molar-refractivity contribution in [3.05, 3.63) is 35.9 Å². The average Bonchev–Trinajstić information content (AvgIpc) is 3.15. The summed E-state index contributed by atoms with van der Waals surface area (Å²) < 4.78 is 17.9. The van der Waals surface area contributed by atoms with Gasteiger partial charge in [0.05, 0.1) is 31.5 Å². The zero-order valence-electron chi connectivity index (χ0n) is 15.7. The van der Waals surface area contributed by atoms with Crippen LogP contribution in [0.5, 0.6) is 0 Å². The molecule has 0 spiro atoms. The van der Waals surface area contributed by atoms with Gasteiger partial charge in [0.1, 0.15) is 5.78 Å². The molecule has 4 rings (SSSR count). The summed E-state index contributed by atoms with van der Waals surface area (Å²) in [5.74, 6) is -0.769. The van der Waals surface area contributed by atoms with Crippen LogP contribution in [-0.2, 0) is 25.6 Å². The summed E-state index contributed by atoms with van der Waals surface area (Å²) in [6.07, 6.45) is 0.525.